The number of nitrogens with one attached hydrogen (secondary N) is 3. The highest BCUT2D eigenvalue weighted by atomic mass is 16.2. The summed E-state index contributed by atoms with van der Waals surface area (Å²) < 4.78 is 1.99. The lowest BCUT2D eigenvalue weighted by molar-refractivity contribution is -0.122. The molecule has 0 atom stereocenters. The number of aryl methyl sites for hydroxylation is 2. The molecule has 1 aliphatic rings. The third-order valence-corrected chi connectivity index (χ3v) is 5.77. The highest BCUT2D eigenvalue weighted by molar-refractivity contribution is 5.80. The van der Waals surface area contributed by atoms with Crippen molar-refractivity contribution in [2.24, 2.45) is 4.99 Å². The molecule has 0 radical (unpaired) electrons. The Morgan fingerprint density at radius 3 is 2.59 bits per heavy atom. The van der Waals surface area contributed by atoms with Gasteiger partial charge in [0.15, 0.2) is 5.96 Å². The number of carbonyl (C=O) groups excluding carboxylic acids is 1. The fraction of sp³-hybridized carbons (Fsp3) is 0.542. The zero-order chi connectivity index (χ0) is 22.9. The molecule has 0 bridgehead atoms. The van der Waals surface area contributed by atoms with E-state index in [1.54, 1.807) is 7.05 Å². The zero-order valence-electron chi connectivity index (χ0n) is 19.8. The van der Waals surface area contributed by atoms with E-state index in [4.69, 9.17) is 0 Å². The second kappa shape index (κ2) is 11.7. The van der Waals surface area contributed by atoms with Crippen molar-refractivity contribution in [1.29, 1.82) is 0 Å². The second-order valence-electron chi connectivity index (χ2n) is 8.44. The molecule has 1 aliphatic heterocycles. The maximum Gasteiger partial charge on any atom is 0.234 e. The SMILES string of the molecule is CCCNC(=O)CN1CCC(NC(=NC)NCc2ccccc2-n2nc(C)cc2C)CC1. The van der Waals surface area contributed by atoms with Gasteiger partial charge >= 0.3 is 0 Å². The minimum absolute atomic E-state index is 0.122. The first-order valence-electron chi connectivity index (χ1n) is 11.6. The number of aromatic nitrogens is 2. The fourth-order valence-electron chi connectivity index (χ4n) is 4.07. The van der Waals surface area contributed by atoms with Gasteiger partial charge in [0, 0.05) is 45.0 Å². The van der Waals surface area contributed by atoms with Crippen LogP contribution in [0, 0.1) is 13.8 Å². The van der Waals surface area contributed by atoms with Gasteiger partial charge in [-0.2, -0.15) is 5.10 Å². The van der Waals surface area contributed by atoms with Gasteiger partial charge in [0.05, 0.1) is 17.9 Å². The Hall–Kier alpha value is -2.87. The Morgan fingerprint density at radius 2 is 1.94 bits per heavy atom. The molecule has 2 aromatic rings. The number of piperidine rings is 1. The molecule has 0 spiro atoms. The molecule has 8 nitrogen and oxygen atoms in total. The minimum atomic E-state index is 0.122. The number of hydrogen-bond acceptors (Lipinski definition) is 4. The molecule has 1 saturated heterocycles. The summed E-state index contributed by atoms with van der Waals surface area (Å²) in [5.74, 6) is 0.921. The molecule has 174 valence electrons. The summed E-state index contributed by atoms with van der Waals surface area (Å²) in [6.45, 7) is 9.87. The molecule has 1 aromatic heterocycles. The van der Waals surface area contributed by atoms with Crippen molar-refractivity contribution >= 4 is 11.9 Å². The van der Waals surface area contributed by atoms with Gasteiger partial charge in [0.1, 0.15) is 0 Å². The van der Waals surface area contributed by atoms with Gasteiger partial charge in [0.2, 0.25) is 5.91 Å². The lowest BCUT2D eigenvalue weighted by Crippen LogP contribution is -2.50. The average Bonchev–Trinajstić information content (AvgIpc) is 3.14. The lowest BCUT2D eigenvalue weighted by Gasteiger charge is -2.32. The number of carbonyl (C=O) groups is 1. The van der Waals surface area contributed by atoms with Crippen molar-refractivity contribution in [3.05, 3.63) is 47.3 Å². The van der Waals surface area contributed by atoms with Crippen LogP contribution in [0.1, 0.15) is 43.1 Å². The maximum absolute atomic E-state index is 11.9. The average molecular weight is 440 g/mol. The van der Waals surface area contributed by atoms with Gasteiger partial charge in [0.25, 0.3) is 0 Å². The van der Waals surface area contributed by atoms with Crippen molar-refractivity contribution in [3.8, 4) is 5.69 Å². The first kappa shape index (κ1) is 23.8. The van der Waals surface area contributed by atoms with Crippen molar-refractivity contribution < 1.29 is 4.79 Å². The highest BCUT2D eigenvalue weighted by Crippen LogP contribution is 2.17. The van der Waals surface area contributed by atoms with Crippen molar-refractivity contribution in [2.45, 2.75) is 52.6 Å². The monoisotopic (exact) mass is 439 g/mol. The van der Waals surface area contributed by atoms with Gasteiger partial charge in [-0.3, -0.25) is 14.7 Å². The Morgan fingerprint density at radius 1 is 1.19 bits per heavy atom. The standard InChI is InChI=1S/C24H37N7O/c1-5-12-26-23(32)17-30-13-10-21(11-14-30)28-24(25-4)27-16-20-8-6-7-9-22(20)31-19(3)15-18(2)29-31/h6-9,15,21H,5,10-14,16-17H2,1-4H3,(H,26,32)(H2,25,27,28). The van der Waals surface area contributed by atoms with Crippen LogP contribution in [0.5, 0.6) is 0 Å². The molecular formula is C24H37N7O. The van der Waals surface area contributed by atoms with Gasteiger partial charge in [-0.05, 0) is 50.8 Å². The number of likely N-dealkylation sites (tertiary alicyclic amines) is 1. The summed E-state index contributed by atoms with van der Waals surface area (Å²) in [6.07, 6.45) is 2.95. The van der Waals surface area contributed by atoms with E-state index in [-0.39, 0.29) is 5.91 Å². The van der Waals surface area contributed by atoms with E-state index in [1.807, 2.05) is 17.7 Å². The second-order valence-corrected chi connectivity index (χ2v) is 8.44. The van der Waals surface area contributed by atoms with Gasteiger partial charge in [-0.1, -0.05) is 25.1 Å². The predicted octanol–water partition coefficient (Wildman–Crippen LogP) is 2.14. The number of rotatable bonds is 8. The molecular weight excluding hydrogens is 402 g/mol. The van der Waals surface area contributed by atoms with Crippen LogP contribution < -0.4 is 16.0 Å². The van der Waals surface area contributed by atoms with Crippen LogP contribution in [0.15, 0.2) is 35.3 Å². The third-order valence-electron chi connectivity index (χ3n) is 5.77. The Kier molecular flexibility index (Phi) is 8.67. The van der Waals surface area contributed by atoms with Crippen LogP contribution in [0.3, 0.4) is 0 Å². The number of amides is 1. The Balaban J connectivity index is 1.51. The molecule has 2 heterocycles. The van der Waals surface area contributed by atoms with E-state index in [2.05, 4.69) is 69.1 Å². The molecule has 8 heteroatoms. The molecule has 0 unspecified atom stereocenters. The van der Waals surface area contributed by atoms with Crippen LogP contribution in [0.25, 0.3) is 5.69 Å². The third kappa shape index (κ3) is 6.56. The van der Waals surface area contributed by atoms with Crippen molar-refractivity contribution in [3.63, 3.8) is 0 Å². The summed E-state index contributed by atoms with van der Waals surface area (Å²) >= 11 is 0. The van der Waals surface area contributed by atoms with E-state index in [1.165, 1.54) is 0 Å². The van der Waals surface area contributed by atoms with Crippen LogP contribution in [-0.2, 0) is 11.3 Å². The van der Waals surface area contributed by atoms with Gasteiger partial charge in [-0.25, -0.2) is 4.68 Å². The Labute approximate surface area is 191 Å². The van der Waals surface area contributed by atoms with E-state index >= 15 is 0 Å². The molecule has 1 aromatic carbocycles. The van der Waals surface area contributed by atoms with Crippen LogP contribution in [0.2, 0.25) is 0 Å². The molecule has 3 N–H and O–H groups in total. The fourth-order valence-corrected chi connectivity index (χ4v) is 4.07. The van der Waals surface area contributed by atoms with E-state index in [0.29, 0.717) is 19.1 Å². The first-order chi connectivity index (χ1) is 15.5. The van der Waals surface area contributed by atoms with Crippen molar-refractivity contribution in [1.82, 2.24) is 30.6 Å². The highest BCUT2D eigenvalue weighted by Gasteiger charge is 2.21. The first-order valence-corrected chi connectivity index (χ1v) is 11.6. The van der Waals surface area contributed by atoms with Crippen LogP contribution >= 0.6 is 0 Å². The van der Waals surface area contributed by atoms with E-state index in [9.17, 15) is 4.79 Å². The largest absolute Gasteiger partial charge is 0.355 e. The van der Waals surface area contributed by atoms with E-state index in [0.717, 1.165) is 67.5 Å². The van der Waals surface area contributed by atoms with Gasteiger partial charge in [-0.15, -0.1) is 0 Å². The maximum atomic E-state index is 11.9. The van der Waals surface area contributed by atoms with Crippen molar-refractivity contribution in [2.75, 3.05) is 33.2 Å². The predicted molar refractivity (Wildman–Crippen MR) is 129 cm³/mol. The molecule has 0 aliphatic carbocycles. The number of para-hydroxylation sites is 1. The molecule has 3 rings (SSSR count). The van der Waals surface area contributed by atoms with E-state index < -0.39 is 0 Å². The number of nitrogens with zero attached hydrogens (tertiary/aromatic N) is 4. The zero-order valence-corrected chi connectivity index (χ0v) is 19.8. The summed E-state index contributed by atoms with van der Waals surface area (Å²) in [6, 6.07) is 10.7. The summed E-state index contributed by atoms with van der Waals surface area (Å²) in [5, 5.41) is 14.6. The number of guanidine groups is 1. The van der Waals surface area contributed by atoms with Crippen LogP contribution in [-0.4, -0.2) is 65.8 Å². The molecule has 0 saturated carbocycles. The summed E-state index contributed by atoms with van der Waals surface area (Å²) in [5.41, 5.74) is 4.37. The topological polar surface area (TPSA) is 86.6 Å². The molecule has 1 amide bonds. The summed E-state index contributed by atoms with van der Waals surface area (Å²) in [4.78, 5) is 18.6. The quantitative estimate of drug-likeness (QED) is 0.433. The normalized spacial score (nSPS) is 15.6. The summed E-state index contributed by atoms with van der Waals surface area (Å²) in [7, 11) is 1.80. The van der Waals surface area contributed by atoms with Gasteiger partial charge < -0.3 is 16.0 Å². The molecule has 32 heavy (non-hydrogen) atoms. The van der Waals surface area contributed by atoms with Crippen LogP contribution in [0.4, 0.5) is 0 Å². The molecule has 1 fully saturated rings. The smallest absolute Gasteiger partial charge is 0.234 e. The number of aliphatic imine (C=N–C) groups is 1. The minimum Gasteiger partial charge on any atom is -0.355 e. The number of benzene rings is 1. The Bertz CT molecular complexity index is 913. The number of hydrogen-bond donors (Lipinski definition) is 3. The lowest BCUT2D eigenvalue weighted by atomic mass is 10.1.